The van der Waals surface area contributed by atoms with Gasteiger partial charge in [0.25, 0.3) is 0 Å². The third-order valence-electron chi connectivity index (χ3n) is 2.74. The molecule has 0 fully saturated rings. The Morgan fingerprint density at radius 3 is 2.00 bits per heavy atom. The van der Waals surface area contributed by atoms with E-state index in [-0.39, 0.29) is 12.5 Å². The zero-order valence-corrected chi connectivity index (χ0v) is 14.3. The van der Waals surface area contributed by atoms with E-state index in [9.17, 15) is 18.1 Å². The van der Waals surface area contributed by atoms with E-state index < -0.39 is 16.5 Å². The lowest BCUT2D eigenvalue weighted by atomic mass is 10.2. The van der Waals surface area contributed by atoms with Crippen molar-refractivity contribution in [2.24, 2.45) is 0 Å². The van der Waals surface area contributed by atoms with Crippen molar-refractivity contribution in [3.8, 4) is 0 Å². The molecule has 0 aromatic carbocycles. The third kappa shape index (κ3) is 13.0. The van der Waals surface area contributed by atoms with Crippen LogP contribution in [0, 0.1) is 0 Å². The molecule has 0 saturated carbocycles. The molecule has 0 spiro atoms. The van der Waals surface area contributed by atoms with Gasteiger partial charge in [-0.25, -0.2) is 8.42 Å². The van der Waals surface area contributed by atoms with Crippen LogP contribution in [0.25, 0.3) is 0 Å². The number of aliphatic hydroxyl groups is 1. The van der Waals surface area contributed by atoms with E-state index >= 15 is 0 Å². The van der Waals surface area contributed by atoms with Crippen LogP contribution in [0.4, 0.5) is 0 Å². The van der Waals surface area contributed by atoms with E-state index in [1.165, 1.54) is 6.92 Å². The first-order valence-electron chi connectivity index (χ1n) is 6.61. The fourth-order valence-corrected chi connectivity index (χ4v) is 2.19. The summed E-state index contributed by atoms with van der Waals surface area (Å²) in [6.45, 7) is 14.2. The number of hydrogen-bond donors (Lipinski definition) is 1. The lowest BCUT2D eigenvalue weighted by molar-refractivity contribution is -0.918. The van der Waals surface area contributed by atoms with E-state index in [0.29, 0.717) is 6.54 Å². The zero-order valence-electron chi connectivity index (χ0n) is 12.7. The molecular weight excluding hydrogens is 318 g/mol. The first kappa shape index (κ1) is 22.8. The van der Waals surface area contributed by atoms with Gasteiger partial charge in [0.1, 0.15) is 12.6 Å². The van der Waals surface area contributed by atoms with Gasteiger partial charge in [-0.1, -0.05) is 13.2 Å². The molecule has 0 bridgehead atoms. The standard InChI is InChI=1S/C11H21ClNO.C2H6O4S/c1-4-7-13(6-3,8-5-2)10-11(14)9-12;1-2-6-7(3,4)5/h4-5,11,14H,1-2,6-10H2,3H3;2H2,1H3,(H,3,4,5)/q+1;/p-1. The quantitative estimate of drug-likeness (QED) is 0.212. The second kappa shape index (κ2) is 12.1. The lowest BCUT2D eigenvalue weighted by Crippen LogP contribution is -2.52. The van der Waals surface area contributed by atoms with Gasteiger partial charge in [-0.2, -0.15) is 0 Å². The summed E-state index contributed by atoms with van der Waals surface area (Å²) in [5, 5.41) is 9.56. The molecule has 0 aromatic rings. The Labute approximate surface area is 133 Å². The summed E-state index contributed by atoms with van der Waals surface area (Å²) in [5.41, 5.74) is 0. The van der Waals surface area contributed by atoms with E-state index in [4.69, 9.17) is 11.6 Å². The summed E-state index contributed by atoms with van der Waals surface area (Å²) in [5.74, 6) is 0.286. The molecule has 0 rings (SSSR count). The Morgan fingerprint density at radius 1 is 1.33 bits per heavy atom. The van der Waals surface area contributed by atoms with Gasteiger partial charge in [0, 0.05) is 0 Å². The Hall–Kier alpha value is -0.440. The first-order valence-corrected chi connectivity index (χ1v) is 8.48. The summed E-state index contributed by atoms with van der Waals surface area (Å²) < 4.78 is 32.8. The molecule has 21 heavy (non-hydrogen) atoms. The van der Waals surface area contributed by atoms with Crippen LogP contribution in [0.1, 0.15) is 13.8 Å². The molecule has 0 saturated heterocycles. The smallest absolute Gasteiger partial charge is 0.217 e. The minimum absolute atomic E-state index is 0.0914. The van der Waals surface area contributed by atoms with Gasteiger partial charge in [0.05, 0.1) is 32.1 Å². The maximum atomic E-state index is 9.56. The van der Waals surface area contributed by atoms with Crippen molar-refractivity contribution in [3.63, 3.8) is 0 Å². The highest BCUT2D eigenvalue weighted by Gasteiger charge is 2.25. The van der Waals surface area contributed by atoms with Crippen molar-refractivity contribution < 1.29 is 26.7 Å². The van der Waals surface area contributed by atoms with Crippen molar-refractivity contribution >= 4 is 22.0 Å². The summed E-state index contributed by atoms with van der Waals surface area (Å²) in [4.78, 5) is 0. The van der Waals surface area contributed by atoms with Gasteiger partial charge in [-0.3, -0.25) is 4.18 Å². The number of rotatable bonds is 10. The van der Waals surface area contributed by atoms with Gasteiger partial charge in [0.15, 0.2) is 0 Å². The Kier molecular flexibility index (Phi) is 13.2. The van der Waals surface area contributed by atoms with Crippen molar-refractivity contribution in [2.75, 3.05) is 38.7 Å². The summed E-state index contributed by atoms with van der Waals surface area (Å²) >= 11 is 5.60. The van der Waals surface area contributed by atoms with Gasteiger partial charge in [0.2, 0.25) is 10.4 Å². The Balaban J connectivity index is 0. The molecular formula is C13H26ClNO5S. The molecule has 0 aliphatic carbocycles. The molecule has 8 heteroatoms. The van der Waals surface area contributed by atoms with E-state index in [2.05, 4.69) is 24.3 Å². The van der Waals surface area contributed by atoms with Crippen molar-refractivity contribution in [2.45, 2.75) is 20.0 Å². The zero-order chi connectivity index (χ0) is 16.9. The van der Waals surface area contributed by atoms with Crippen molar-refractivity contribution in [1.82, 2.24) is 0 Å². The van der Waals surface area contributed by atoms with E-state index in [1.807, 2.05) is 12.2 Å². The molecule has 0 aliphatic rings. The summed E-state index contributed by atoms with van der Waals surface area (Å²) in [6.07, 6.45) is 3.32. The third-order valence-corrected chi connectivity index (χ3v) is 3.62. The summed E-state index contributed by atoms with van der Waals surface area (Å²) in [7, 11) is -4.42. The number of halogens is 1. The second-order valence-electron chi connectivity index (χ2n) is 4.41. The minimum atomic E-state index is -4.42. The first-order chi connectivity index (χ1) is 9.70. The van der Waals surface area contributed by atoms with Crippen LogP contribution in [0.2, 0.25) is 0 Å². The van der Waals surface area contributed by atoms with Crippen molar-refractivity contribution in [3.05, 3.63) is 25.3 Å². The van der Waals surface area contributed by atoms with E-state index in [0.717, 1.165) is 24.1 Å². The van der Waals surface area contributed by atoms with Crippen LogP contribution in [0.5, 0.6) is 0 Å². The van der Waals surface area contributed by atoms with Crippen molar-refractivity contribution in [1.29, 1.82) is 0 Å². The number of quaternary nitrogens is 1. The van der Waals surface area contributed by atoms with Crippen LogP contribution in [-0.2, 0) is 14.6 Å². The predicted octanol–water partition coefficient (Wildman–Crippen LogP) is 1.28. The average molecular weight is 344 g/mol. The van der Waals surface area contributed by atoms with Crippen LogP contribution in [0.15, 0.2) is 25.3 Å². The SMILES string of the molecule is C=CC[N+](CC)(CC=C)CC(O)CCl.CCOS(=O)(=O)[O-]. The van der Waals surface area contributed by atoms with Gasteiger partial charge in [-0.15, -0.1) is 11.6 Å². The van der Waals surface area contributed by atoms with Crippen LogP contribution < -0.4 is 0 Å². The number of hydrogen-bond acceptors (Lipinski definition) is 5. The summed E-state index contributed by atoms with van der Waals surface area (Å²) in [6, 6.07) is 0. The van der Waals surface area contributed by atoms with Gasteiger partial charge < -0.3 is 14.1 Å². The number of nitrogens with zero attached hydrogens (tertiary/aromatic N) is 1. The average Bonchev–Trinajstić information content (AvgIpc) is 2.38. The maximum absolute atomic E-state index is 9.56. The minimum Gasteiger partial charge on any atom is -0.726 e. The Bertz CT molecular complexity index is 376. The molecule has 0 aromatic heterocycles. The molecule has 1 atom stereocenters. The fourth-order valence-electron chi connectivity index (χ4n) is 1.80. The highest BCUT2D eigenvalue weighted by Crippen LogP contribution is 2.09. The molecule has 1 unspecified atom stereocenters. The van der Waals surface area contributed by atoms with Crippen LogP contribution in [0.3, 0.4) is 0 Å². The highest BCUT2D eigenvalue weighted by atomic mass is 35.5. The molecule has 0 amide bonds. The monoisotopic (exact) mass is 343 g/mol. The molecule has 6 nitrogen and oxygen atoms in total. The number of alkyl halides is 1. The number of likely N-dealkylation sites (N-methyl/N-ethyl adjacent to an activating group) is 1. The Morgan fingerprint density at radius 2 is 1.81 bits per heavy atom. The topological polar surface area (TPSA) is 86.7 Å². The van der Waals surface area contributed by atoms with Gasteiger partial charge >= 0.3 is 0 Å². The predicted molar refractivity (Wildman–Crippen MR) is 83.8 cm³/mol. The lowest BCUT2D eigenvalue weighted by Gasteiger charge is -2.37. The molecule has 126 valence electrons. The number of aliphatic hydroxyl groups excluding tert-OH is 1. The van der Waals surface area contributed by atoms with E-state index in [1.54, 1.807) is 0 Å². The maximum Gasteiger partial charge on any atom is 0.217 e. The molecule has 0 radical (unpaired) electrons. The van der Waals surface area contributed by atoms with Gasteiger partial charge in [-0.05, 0) is 26.0 Å². The largest absolute Gasteiger partial charge is 0.726 e. The van der Waals surface area contributed by atoms with Crippen LogP contribution in [-0.4, -0.2) is 67.3 Å². The normalized spacial score (nSPS) is 13.0. The second-order valence-corrected chi connectivity index (χ2v) is 5.77. The molecule has 1 N–H and O–H groups in total. The fraction of sp³-hybridized carbons (Fsp3) is 0.692. The highest BCUT2D eigenvalue weighted by molar-refractivity contribution is 7.80. The molecule has 0 aliphatic heterocycles. The molecule has 0 heterocycles. The van der Waals surface area contributed by atoms with Crippen LogP contribution >= 0.6 is 11.6 Å².